The number of fused-ring (bicyclic) bond motifs is 2. The summed E-state index contributed by atoms with van der Waals surface area (Å²) in [6, 6.07) is 7.97. The zero-order valence-electron chi connectivity index (χ0n) is 17.7. The number of nitrogens with two attached hydrogens (primary N) is 1. The molecule has 0 unspecified atom stereocenters. The van der Waals surface area contributed by atoms with E-state index in [2.05, 4.69) is 20.1 Å². The zero-order valence-corrected chi connectivity index (χ0v) is 17.7. The molecule has 2 aliphatic heterocycles. The molecule has 2 aromatic carbocycles. The van der Waals surface area contributed by atoms with Gasteiger partial charge in [0, 0.05) is 50.4 Å². The number of rotatable bonds is 6. The Balaban J connectivity index is 1.87. The van der Waals surface area contributed by atoms with Gasteiger partial charge in [-0.15, -0.1) is 0 Å². The molecule has 0 atom stereocenters. The Kier molecular flexibility index (Phi) is 5.30. The first-order valence-corrected chi connectivity index (χ1v) is 10.2. The van der Waals surface area contributed by atoms with Gasteiger partial charge in [0.05, 0.1) is 16.9 Å². The van der Waals surface area contributed by atoms with E-state index in [9.17, 15) is 9.59 Å². The lowest BCUT2D eigenvalue weighted by Crippen LogP contribution is -2.31. The maximum atomic E-state index is 12.4. The lowest BCUT2D eigenvalue weighted by Gasteiger charge is -2.26. The third-order valence-electron chi connectivity index (χ3n) is 5.78. The van der Waals surface area contributed by atoms with Crippen molar-refractivity contribution < 1.29 is 9.59 Å². The minimum Gasteiger partial charge on any atom is -0.373 e. The van der Waals surface area contributed by atoms with Crippen molar-refractivity contribution in [1.82, 2.24) is 10.2 Å². The van der Waals surface area contributed by atoms with Crippen LogP contribution >= 0.6 is 0 Å². The number of carbonyl (C=O) groups is 2. The highest BCUT2D eigenvalue weighted by molar-refractivity contribution is 6.07. The van der Waals surface area contributed by atoms with Crippen LogP contribution in [0.3, 0.4) is 0 Å². The van der Waals surface area contributed by atoms with Crippen molar-refractivity contribution in [3.05, 3.63) is 46.5 Å². The average molecular weight is 406 g/mol. The number of hydrogen-bond acceptors (Lipinski definition) is 5. The Hall–Kier alpha value is -3.19. The summed E-state index contributed by atoms with van der Waals surface area (Å²) in [5.74, 6) is -0.491. The van der Waals surface area contributed by atoms with Crippen LogP contribution in [0.2, 0.25) is 0 Å². The van der Waals surface area contributed by atoms with Gasteiger partial charge in [-0.2, -0.15) is 0 Å². The van der Waals surface area contributed by atoms with Crippen molar-refractivity contribution in [3.8, 4) is 11.1 Å². The van der Waals surface area contributed by atoms with Gasteiger partial charge in [-0.05, 0) is 49.3 Å². The minimum absolute atomic E-state index is 0.0460. The molecule has 0 aromatic heterocycles. The Bertz CT molecular complexity index is 1060. The third-order valence-corrected chi connectivity index (χ3v) is 5.78. The highest BCUT2D eigenvalue weighted by Crippen LogP contribution is 2.43. The molecule has 0 saturated carbocycles. The molecule has 7 nitrogen and oxygen atoms in total. The molecular weight excluding hydrogens is 378 g/mol. The van der Waals surface area contributed by atoms with E-state index >= 15 is 0 Å². The number of hydrogen-bond donors (Lipinski definition) is 2. The number of nitrogens with one attached hydrogen (secondary N) is 1. The molecule has 2 aliphatic rings. The van der Waals surface area contributed by atoms with Gasteiger partial charge in [0.25, 0.3) is 11.8 Å². The van der Waals surface area contributed by atoms with Crippen LogP contribution < -0.4 is 16.0 Å². The Labute approximate surface area is 176 Å². The molecule has 0 radical (unpaired) electrons. The molecule has 4 rings (SSSR count). The molecule has 3 N–H and O–H groups in total. The molecule has 2 heterocycles. The Morgan fingerprint density at radius 2 is 1.97 bits per heavy atom. The molecule has 30 heavy (non-hydrogen) atoms. The number of likely N-dealkylation sites (N-methyl/N-ethyl adjacent to an activating group) is 2. The van der Waals surface area contributed by atoms with Crippen LogP contribution in [0.15, 0.2) is 29.3 Å². The lowest BCUT2D eigenvalue weighted by molar-refractivity contribution is 0.0945. The van der Waals surface area contributed by atoms with E-state index in [0.717, 1.165) is 53.1 Å². The number of primary amides is 1. The van der Waals surface area contributed by atoms with E-state index < -0.39 is 5.91 Å². The van der Waals surface area contributed by atoms with Crippen LogP contribution in [0.1, 0.15) is 31.8 Å². The van der Waals surface area contributed by atoms with Crippen LogP contribution in [0.5, 0.6) is 0 Å². The summed E-state index contributed by atoms with van der Waals surface area (Å²) in [7, 11) is 6.00. The van der Waals surface area contributed by atoms with Crippen LogP contribution in [0, 0.1) is 0 Å². The number of benzene rings is 2. The molecule has 2 amide bonds. The van der Waals surface area contributed by atoms with E-state index in [0.29, 0.717) is 24.1 Å². The fourth-order valence-corrected chi connectivity index (χ4v) is 4.13. The van der Waals surface area contributed by atoms with E-state index in [1.807, 2.05) is 51.6 Å². The van der Waals surface area contributed by atoms with Crippen molar-refractivity contribution in [1.29, 1.82) is 0 Å². The van der Waals surface area contributed by atoms with Crippen LogP contribution in [-0.4, -0.2) is 63.7 Å². The van der Waals surface area contributed by atoms with Crippen molar-refractivity contribution in [2.24, 2.45) is 10.7 Å². The monoisotopic (exact) mass is 405 g/mol. The largest absolute Gasteiger partial charge is 0.373 e. The van der Waals surface area contributed by atoms with Crippen LogP contribution in [0.25, 0.3) is 11.1 Å². The molecule has 0 aliphatic carbocycles. The van der Waals surface area contributed by atoms with Gasteiger partial charge in [-0.25, -0.2) is 0 Å². The van der Waals surface area contributed by atoms with E-state index in [4.69, 9.17) is 5.73 Å². The molecule has 0 bridgehead atoms. The molecule has 0 fully saturated rings. The summed E-state index contributed by atoms with van der Waals surface area (Å²) in [5, 5.41) is 2.91. The van der Waals surface area contributed by atoms with Crippen molar-refractivity contribution in [2.45, 2.75) is 12.8 Å². The SMILES string of the molecule is CN(C)CCN(C)c1cc(-c2ccc3c(c2)C(=O)NCC3)c2c(c1C(N)=O)CC=N2. The molecule has 156 valence electrons. The highest BCUT2D eigenvalue weighted by atomic mass is 16.2. The number of amides is 2. The van der Waals surface area contributed by atoms with Gasteiger partial charge in [0.15, 0.2) is 0 Å². The number of anilines is 1. The second-order valence-corrected chi connectivity index (χ2v) is 8.13. The molecule has 2 aromatic rings. The number of carbonyl (C=O) groups excluding carboxylic acids is 2. The second-order valence-electron chi connectivity index (χ2n) is 8.13. The quantitative estimate of drug-likeness (QED) is 0.769. The van der Waals surface area contributed by atoms with Crippen molar-refractivity contribution >= 4 is 29.4 Å². The molecular formula is C23H27N5O2. The normalized spacial score (nSPS) is 14.5. The first-order chi connectivity index (χ1) is 14.4. The summed E-state index contributed by atoms with van der Waals surface area (Å²) < 4.78 is 0. The average Bonchev–Trinajstić information content (AvgIpc) is 3.20. The first-order valence-electron chi connectivity index (χ1n) is 10.2. The van der Waals surface area contributed by atoms with Gasteiger partial charge in [0.2, 0.25) is 0 Å². The smallest absolute Gasteiger partial charge is 0.251 e. The fraction of sp³-hybridized carbons (Fsp3) is 0.348. The molecule has 7 heteroatoms. The summed E-state index contributed by atoms with van der Waals surface area (Å²) in [4.78, 5) is 33.5. The standard InChI is InChI=1S/C23H27N5O2/c1-27(2)10-11-28(3)19-13-17(21-16(7-9-25-21)20(19)22(24)29)15-5-4-14-6-8-26-23(30)18(14)12-15/h4-5,9,12-13H,6-8,10-11H2,1-3H3,(H2,24,29)(H,26,30). The van der Waals surface area contributed by atoms with Gasteiger partial charge in [-0.3, -0.25) is 14.6 Å². The Morgan fingerprint density at radius 1 is 1.17 bits per heavy atom. The first kappa shape index (κ1) is 20.1. The predicted octanol–water partition coefficient (Wildman–Crippen LogP) is 1.99. The van der Waals surface area contributed by atoms with Crippen molar-refractivity contribution in [3.63, 3.8) is 0 Å². The highest BCUT2D eigenvalue weighted by Gasteiger charge is 2.26. The van der Waals surface area contributed by atoms with Crippen molar-refractivity contribution in [2.75, 3.05) is 45.7 Å². The lowest BCUT2D eigenvalue weighted by atomic mass is 9.90. The topological polar surface area (TPSA) is 91.0 Å². The fourth-order valence-electron chi connectivity index (χ4n) is 4.13. The van der Waals surface area contributed by atoms with E-state index in [1.54, 1.807) is 0 Å². The van der Waals surface area contributed by atoms with E-state index in [1.165, 1.54) is 0 Å². The summed E-state index contributed by atoms with van der Waals surface area (Å²) in [6.07, 6.45) is 3.22. The second kappa shape index (κ2) is 7.91. The van der Waals surface area contributed by atoms with Gasteiger partial charge < -0.3 is 20.9 Å². The van der Waals surface area contributed by atoms with Gasteiger partial charge in [0.1, 0.15) is 0 Å². The molecule has 0 spiro atoms. The van der Waals surface area contributed by atoms with Gasteiger partial charge >= 0.3 is 0 Å². The van der Waals surface area contributed by atoms with E-state index in [-0.39, 0.29) is 5.91 Å². The molecule has 0 saturated heterocycles. The predicted molar refractivity (Wildman–Crippen MR) is 120 cm³/mol. The van der Waals surface area contributed by atoms with Crippen LogP contribution in [0.4, 0.5) is 11.4 Å². The minimum atomic E-state index is -0.445. The number of nitrogens with zero attached hydrogens (tertiary/aromatic N) is 3. The maximum absolute atomic E-state index is 12.4. The summed E-state index contributed by atoms with van der Waals surface area (Å²) >= 11 is 0. The third kappa shape index (κ3) is 3.57. The Morgan fingerprint density at radius 3 is 2.70 bits per heavy atom. The van der Waals surface area contributed by atoms with Gasteiger partial charge in [-0.1, -0.05) is 12.1 Å². The van der Waals surface area contributed by atoms with Crippen LogP contribution in [-0.2, 0) is 12.8 Å². The summed E-state index contributed by atoms with van der Waals surface area (Å²) in [6.45, 7) is 2.26. The zero-order chi connectivity index (χ0) is 21.4. The number of aliphatic imine (C=N–C) groups is 1. The maximum Gasteiger partial charge on any atom is 0.251 e. The summed E-state index contributed by atoms with van der Waals surface area (Å²) in [5.41, 5.74) is 12.3.